The number of amides is 1. The van der Waals surface area contributed by atoms with Gasteiger partial charge in [0.05, 0.1) is 10.9 Å². The fourth-order valence-electron chi connectivity index (χ4n) is 4.01. The van der Waals surface area contributed by atoms with Crippen LogP contribution in [-0.2, 0) is 6.54 Å². The van der Waals surface area contributed by atoms with E-state index in [2.05, 4.69) is 15.5 Å². The van der Waals surface area contributed by atoms with Gasteiger partial charge >= 0.3 is 0 Å². The van der Waals surface area contributed by atoms with E-state index in [9.17, 15) is 9.59 Å². The van der Waals surface area contributed by atoms with Gasteiger partial charge in [0.1, 0.15) is 0 Å². The van der Waals surface area contributed by atoms with Crippen molar-refractivity contribution in [3.05, 3.63) is 38.9 Å². The first-order valence-electron chi connectivity index (χ1n) is 9.90. The Morgan fingerprint density at radius 3 is 2.79 bits per heavy atom. The summed E-state index contributed by atoms with van der Waals surface area (Å²) in [6.07, 6.45) is 5.60. The number of rotatable bonds is 4. The summed E-state index contributed by atoms with van der Waals surface area (Å²) in [7, 11) is 0. The summed E-state index contributed by atoms with van der Waals surface area (Å²) >= 11 is 5.40. The molecule has 0 radical (unpaired) electrons. The number of H-pyrrole nitrogens is 1. The summed E-state index contributed by atoms with van der Waals surface area (Å²) in [5.74, 6) is 0.647. The summed E-state index contributed by atoms with van der Waals surface area (Å²) in [5.41, 5.74) is 1.02. The molecule has 0 aliphatic heterocycles. The van der Waals surface area contributed by atoms with Gasteiger partial charge in [-0.3, -0.25) is 18.6 Å². The first kappa shape index (κ1) is 18.9. The Balaban J connectivity index is 1.82. The maximum absolute atomic E-state index is 13.0. The van der Waals surface area contributed by atoms with Gasteiger partial charge in [-0.2, -0.15) is 0 Å². The van der Waals surface area contributed by atoms with E-state index in [1.165, 1.54) is 6.42 Å². The van der Waals surface area contributed by atoms with Crippen molar-refractivity contribution in [1.82, 2.24) is 24.5 Å². The van der Waals surface area contributed by atoms with Crippen LogP contribution in [0.4, 0.5) is 0 Å². The minimum Gasteiger partial charge on any atom is -0.349 e. The molecule has 1 amide bonds. The van der Waals surface area contributed by atoms with E-state index in [1.54, 1.807) is 27.2 Å². The molecule has 1 aromatic carbocycles. The molecule has 1 fully saturated rings. The van der Waals surface area contributed by atoms with Crippen LogP contribution in [0, 0.1) is 10.7 Å². The van der Waals surface area contributed by atoms with E-state index in [1.807, 2.05) is 13.8 Å². The molecule has 0 spiro atoms. The molecule has 148 valence electrons. The molecule has 0 saturated heterocycles. The summed E-state index contributed by atoms with van der Waals surface area (Å²) < 4.78 is 3.79. The largest absolute Gasteiger partial charge is 0.349 e. The predicted molar refractivity (Wildman–Crippen MR) is 111 cm³/mol. The lowest BCUT2D eigenvalue weighted by Gasteiger charge is -2.22. The summed E-state index contributed by atoms with van der Waals surface area (Å²) in [5, 5.41) is 10.7. The van der Waals surface area contributed by atoms with E-state index in [0.717, 1.165) is 25.7 Å². The van der Waals surface area contributed by atoms with Crippen LogP contribution >= 0.6 is 12.2 Å². The first-order chi connectivity index (χ1) is 13.5. The van der Waals surface area contributed by atoms with Crippen LogP contribution in [0.1, 0.15) is 56.3 Å². The second kappa shape index (κ2) is 7.50. The monoisotopic (exact) mass is 399 g/mol. The molecule has 1 aliphatic carbocycles. The standard InChI is InChI=1S/C20H25N5O2S/c1-12(2)11-24-18(27)15-9-8-13(17(26)21-14-6-4-3-5-7-14)10-16(15)25-19(24)22-23-20(25)28/h8-10,12,14H,3-7,11H2,1-2H3,(H,21,26)(H,23,28). The molecule has 1 aliphatic rings. The number of hydrogen-bond donors (Lipinski definition) is 2. The quantitative estimate of drug-likeness (QED) is 0.659. The number of hydrogen-bond acceptors (Lipinski definition) is 4. The third-order valence-corrected chi connectivity index (χ3v) is 5.63. The minimum atomic E-state index is -0.121. The van der Waals surface area contributed by atoms with Crippen molar-refractivity contribution in [2.45, 2.75) is 58.5 Å². The van der Waals surface area contributed by atoms with Crippen LogP contribution in [0.3, 0.4) is 0 Å². The van der Waals surface area contributed by atoms with Gasteiger partial charge in [0.15, 0.2) is 0 Å². The normalized spacial score (nSPS) is 15.5. The van der Waals surface area contributed by atoms with E-state index in [-0.39, 0.29) is 23.4 Å². The molecule has 8 heteroatoms. The van der Waals surface area contributed by atoms with Crippen molar-refractivity contribution in [2.75, 3.05) is 0 Å². The zero-order chi connectivity index (χ0) is 19.8. The Bertz CT molecular complexity index is 1150. The molecule has 0 bridgehead atoms. The number of carbonyl (C=O) groups excluding carboxylic acids is 1. The van der Waals surface area contributed by atoms with Crippen molar-refractivity contribution in [3.63, 3.8) is 0 Å². The zero-order valence-corrected chi connectivity index (χ0v) is 17.0. The smallest absolute Gasteiger partial charge is 0.262 e. The van der Waals surface area contributed by atoms with Crippen LogP contribution in [0.2, 0.25) is 0 Å². The summed E-state index contributed by atoms with van der Waals surface area (Å²) in [6, 6.07) is 5.41. The fraction of sp³-hybridized carbons (Fsp3) is 0.500. The Morgan fingerprint density at radius 2 is 2.07 bits per heavy atom. The third-order valence-electron chi connectivity index (χ3n) is 5.36. The maximum Gasteiger partial charge on any atom is 0.262 e. The van der Waals surface area contributed by atoms with Crippen LogP contribution in [0.25, 0.3) is 16.7 Å². The van der Waals surface area contributed by atoms with Gasteiger partial charge in [0.2, 0.25) is 10.5 Å². The Kier molecular flexibility index (Phi) is 5.05. The van der Waals surface area contributed by atoms with Gasteiger partial charge in [0, 0.05) is 18.2 Å². The lowest BCUT2D eigenvalue weighted by atomic mass is 9.95. The topological polar surface area (TPSA) is 84.2 Å². The SMILES string of the molecule is CC(C)Cn1c(=O)c2ccc(C(=O)NC3CCCCC3)cc2n2c(=S)[nH]nc12. The van der Waals surface area contributed by atoms with Gasteiger partial charge in [-0.05, 0) is 49.2 Å². The molecule has 1 saturated carbocycles. The van der Waals surface area contributed by atoms with Crippen molar-refractivity contribution in [2.24, 2.45) is 5.92 Å². The molecular formula is C20H25N5O2S. The molecule has 2 aromatic heterocycles. The molecular weight excluding hydrogens is 374 g/mol. The van der Waals surface area contributed by atoms with Crippen molar-refractivity contribution in [3.8, 4) is 0 Å². The van der Waals surface area contributed by atoms with Crippen molar-refractivity contribution < 1.29 is 4.79 Å². The van der Waals surface area contributed by atoms with Gasteiger partial charge in [-0.25, -0.2) is 5.10 Å². The minimum absolute atomic E-state index is 0.108. The summed E-state index contributed by atoms with van der Waals surface area (Å²) in [6.45, 7) is 4.64. The second-order valence-electron chi connectivity index (χ2n) is 8.01. The number of fused-ring (bicyclic) bond motifs is 3. The van der Waals surface area contributed by atoms with Gasteiger partial charge in [-0.1, -0.05) is 33.1 Å². The maximum atomic E-state index is 13.0. The average Bonchev–Trinajstić information content (AvgIpc) is 3.07. The van der Waals surface area contributed by atoms with Crippen molar-refractivity contribution >= 4 is 34.8 Å². The Morgan fingerprint density at radius 1 is 1.32 bits per heavy atom. The number of aromatic nitrogens is 4. The van der Waals surface area contributed by atoms with Gasteiger partial charge < -0.3 is 5.32 Å². The molecule has 0 unspecified atom stereocenters. The predicted octanol–water partition coefficient (Wildman–Crippen LogP) is 3.43. The number of aromatic amines is 1. The third kappa shape index (κ3) is 3.37. The highest BCUT2D eigenvalue weighted by Crippen LogP contribution is 2.20. The number of carbonyl (C=O) groups is 1. The molecule has 28 heavy (non-hydrogen) atoms. The molecule has 2 heterocycles. The van der Waals surface area contributed by atoms with E-state index in [0.29, 0.717) is 33.6 Å². The Labute approximate surface area is 167 Å². The molecule has 0 atom stereocenters. The Hall–Kier alpha value is -2.48. The number of nitrogens with zero attached hydrogens (tertiary/aromatic N) is 3. The van der Waals surface area contributed by atoms with E-state index >= 15 is 0 Å². The fourth-order valence-corrected chi connectivity index (χ4v) is 4.23. The lowest BCUT2D eigenvalue weighted by Crippen LogP contribution is -2.36. The van der Waals surface area contributed by atoms with Crippen LogP contribution in [-0.4, -0.2) is 31.1 Å². The first-order valence-corrected chi connectivity index (χ1v) is 10.3. The van der Waals surface area contributed by atoms with Gasteiger partial charge in [-0.15, -0.1) is 5.10 Å². The summed E-state index contributed by atoms with van der Waals surface area (Å²) in [4.78, 5) is 25.8. The zero-order valence-electron chi connectivity index (χ0n) is 16.2. The number of benzene rings is 1. The highest BCUT2D eigenvalue weighted by Gasteiger charge is 2.19. The van der Waals surface area contributed by atoms with E-state index in [4.69, 9.17) is 12.2 Å². The second-order valence-corrected chi connectivity index (χ2v) is 8.40. The average molecular weight is 400 g/mol. The van der Waals surface area contributed by atoms with Crippen molar-refractivity contribution in [1.29, 1.82) is 0 Å². The molecule has 2 N–H and O–H groups in total. The molecule has 4 rings (SSSR count). The van der Waals surface area contributed by atoms with Crippen LogP contribution < -0.4 is 10.9 Å². The highest BCUT2D eigenvalue weighted by molar-refractivity contribution is 7.71. The van der Waals surface area contributed by atoms with E-state index < -0.39 is 0 Å². The van der Waals surface area contributed by atoms with Crippen LogP contribution in [0.5, 0.6) is 0 Å². The van der Waals surface area contributed by atoms with Gasteiger partial charge in [0.25, 0.3) is 11.5 Å². The number of nitrogens with one attached hydrogen (secondary N) is 2. The molecule has 7 nitrogen and oxygen atoms in total. The highest BCUT2D eigenvalue weighted by atomic mass is 32.1. The van der Waals surface area contributed by atoms with Crippen LogP contribution in [0.15, 0.2) is 23.0 Å². The molecule has 3 aromatic rings. The lowest BCUT2D eigenvalue weighted by molar-refractivity contribution is 0.0928.